The predicted octanol–water partition coefficient (Wildman–Crippen LogP) is 2.21. The van der Waals surface area contributed by atoms with Crippen LogP contribution in [0.2, 0.25) is 0 Å². The summed E-state index contributed by atoms with van der Waals surface area (Å²) >= 11 is 0. The third-order valence-corrected chi connectivity index (χ3v) is 4.43. The van der Waals surface area contributed by atoms with E-state index in [1.807, 2.05) is 24.3 Å². The molecule has 0 aliphatic carbocycles. The lowest BCUT2D eigenvalue weighted by Gasteiger charge is -2.30. The van der Waals surface area contributed by atoms with E-state index in [-0.39, 0.29) is 6.04 Å². The Morgan fingerprint density at radius 2 is 2.25 bits per heavy atom. The third kappa shape index (κ3) is 2.60. The molecule has 0 bridgehead atoms. The van der Waals surface area contributed by atoms with E-state index in [1.165, 1.54) is 0 Å². The minimum atomic E-state index is 0.103. The van der Waals surface area contributed by atoms with Crippen LogP contribution in [0.25, 0.3) is 22.6 Å². The number of nitrogens with zero attached hydrogens (tertiary/aromatic N) is 3. The summed E-state index contributed by atoms with van der Waals surface area (Å²) in [5.74, 6) is 1.65. The van der Waals surface area contributed by atoms with Crippen molar-refractivity contribution in [1.82, 2.24) is 20.4 Å². The van der Waals surface area contributed by atoms with Gasteiger partial charge in [0.25, 0.3) is 5.89 Å². The zero-order valence-corrected chi connectivity index (χ0v) is 13.8. The highest BCUT2D eigenvalue weighted by Gasteiger charge is 2.27. The summed E-state index contributed by atoms with van der Waals surface area (Å²) in [7, 11) is 3.73. The van der Waals surface area contributed by atoms with Gasteiger partial charge in [0.15, 0.2) is 11.6 Å². The number of methoxy groups -OCH3 is 1. The highest BCUT2D eigenvalue weighted by molar-refractivity contribution is 5.86. The summed E-state index contributed by atoms with van der Waals surface area (Å²) < 4.78 is 16.8. The molecule has 1 fully saturated rings. The van der Waals surface area contributed by atoms with E-state index in [1.54, 1.807) is 7.11 Å². The van der Waals surface area contributed by atoms with Crippen LogP contribution >= 0.6 is 0 Å². The smallest absolute Gasteiger partial charge is 0.294 e. The minimum absolute atomic E-state index is 0.103. The van der Waals surface area contributed by atoms with E-state index >= 15 is 0 Å². The molecular formula is C17H20N4O3. The van der Waals surface area contributed by atoms with E-state index < -0.39 is 0 Å². The van der Waals surface area contributed by atoms with Gasteiger partial charge in [0, 0.05) is 37.7 Å². The summed E-state index contributed by atoms with van der Waals surface area (Å²) in [6.45, 7) is 3.16. The molecule has 1 unspecified atom stereocenters. The fourth-order valence-electron chi connectivity index (χ4n) is 3.12. The highest BCUT2D eigenvalue weighted by atomic mass is 16.5. The van der Waals surface area contributed by atoms with Gasteiger partial charge >= 0.3 is 0 Å². The molecular weight excluding hydrogens is 308 g/mol. The maximum atomic E-state index is 5.96. The number of benzene rings is 1. The number of para-hydroxylation sites is 1. The summed E-state index contributed by atoms with van der Waals surface area (Å²) in [4.78, 5) is 6.81. The van der Waals surface area contributed by atoms with Crippen molar-refractivity contribution in [3.8, 4) is 11.7 Å². The van der Waals surface area contributed by atoms with Crippen LogP contribution in [0.1, 0.15) is 17.4 Å². The SMILES string of the molecule is COCc1c(-c2nc(C3CNCCN3C)no2)oc2ccccc12. The molecule has 1 N–H and O–H groups in total. The molecule has 3 aromatic rings. The van der Waals surface area contributed by atoms with Gasteiger partial charge < -0.3 is 19.0 Å². The summed E-state index contributed by atoms with van der Waals surface area (Å²) in [5.41, 5.74) is 1.72. The molecule has 3 heterocycles. The van der Waals surface area contributed by atoms with Gasteiger partial charge in [0.2, 0.25) is 0 Å². The van der Waals surface area contributed by atoms with Crippen molar-refractivity contribution in [2.75, 3.05) is 33.8 Å². The Kier molecular flexibility index (Phi) is 4.05. The van der Waals surface area contributed by atoms with Crippen molar-refractivity contribution in [3.63, 3.8) is 0 Å². The Labute approximate surface area is 139 Å². The first-order valence-electron chi connectivity index (χ1n) is 8.02. The maximum absolute atomic E-state index is 5.96. The number of likely N-dealkylation sites (N-methyl/N-ethyl adjacent to an activating group) is 1. The van der Waals surface area contributed by atoms with Gasteiger partial charge in [-0.3, -0.25) is 4.90 Å². The molecule has 1 aliphatic rings. The second kappa shape index (κ2) is 6.35. The molecule has 0 spiro atoms. The number of hydrogen-bond acceptors (Lipinski definition) is 7. The Hall–Kier alpha value is -2.22. The number of nitrogens with one attached hydrogen (secondary N) is 1. The molecule has 24 heavy (non-hydrogen) atoms. The van der Waals surface area contributed by atoms with Crippen molar-refractivity contribution in [1.29, 1.82) is 0 Å². The van der Waals surface area contributed by atoms with Crippen LogP contribution in [0.3, 0.4) is 0 Å². The first-order valence-corrected chi connectivity index (χ1v) is 8.02. The van der Waals surface area contributed by atoms with Crippen LogP contribution in [0, 0.1) is 0 Å². The summed E-state index contributed by atoms with van der Waals surface area (Å²) in [6, 6.07) is 7.95. The van der Waals surface area contributed by atoms with E-state index in [0.29, 0.717) is 24.1 Å². The van der Waals surface area contributed by atoms with Crippen molar-refractivity contribution in [3.05, 3.63) is 35.7 Å². The second-order valence-corrected chi connectivity index (χ2v) is 6.00. The number of furan rings is 1. The quantitative estimate of drug-likeness (QED) is 0.787. The standard InChI is InChI=1S/C17H20N4O3/c1-21-8-7-18-9-13(21)16-19-17(24-20-16)15-12(10-22-2)11-5-3-4-6-14(11)23-15/h3-6,13,18H,7-10H2,1-2H3. The van der Waals surface area contributed by atoms with Crippen molar-refractivity contribution < 1.29 is 13.7 Å². The van der Waals surface area contributed by atoms with Crippen molar-refractivity contribution >= 4 is 11.0 Å². The number of rotatable bonds is 4. The monoisotopic (exact) mass is 328 g/mol. The molecule has 4 rings (SSSR count). The molecule has 0 saturated carbocycles. The fourth-order valence-corrected chi connectivity index (χ4v) is 3.12. The van der Waals surface area contributed by atoms with Crippen LogP contribution in [0.5, 0.6) is 0 Å². The number of hydrogen-bond donors (Lipinski definition) is 1. The van der Waals surface area contributed by atoms with Crippen LogP contribution in [-0.4, -0.2) is 48.8 Å². The molecule has 1 aliphatic heterocycles. The summed E-state index contributed by atoms with van der Waals surface area (Å²) in [6.07, 6.45) is 0. The average molecular weight is 328 g/mol. The van der Waals surface area contributed by atoms with Crippen molar-refractivity contribution in [2.45, 2.75) is 12.6 Å². The highest BCUT2D eigenvalue weighted by Crippen LogP contribution is 2.34. The molecule has 0 amide bonds. The summed E-state index contributed by atoms with van der Waals surface area (Å²) in [5, 5.41) is 8.53. The number of aromatic nitrogens is 2. The van der Waals surface area contributed by atoms with Gasteiger partial charge in [-0.25, -0.2) is 0 Å². The van der Waals surface area contributed by atoms with Gasteiger partial charge in [-0.1, -0.05) is 23.4 Å². The molecule has 1 saturated heterocycles. The van der Waals surface area contributed by atoms with Crippen LogP contribution in [0.15, 0.2) is 33.2 Å². The number of ether oxygens (including phenoxy) is 1. The topological polar surface area (TPSA) is 76.6 Å². The van der Waals surface area contributed by atoms with Gasteiger partial charge in [-0.15, -0.1) is 0 Å². The third-order valence-electron chi connectivity index (χ3n) is 4.43. The first kappa shape index (κ1) is 15.3. The Bertz CT molecular complexity index is 841. The Morgan fingerprint density at radius 3 is 3.08 bits per heavy atom. The van der Waals surface area contributed by atoms with E-state index in [0.717, 1.165) is 36.2 Å². The first-order chi connectivity index (χ1) is 11.8. The van der Waals surface area contributed by atoms with E-state index in [2.05, 4.69) is 27.4 Å². The van der Waals surface area contributed by atoms with Crippen LogP contribution in [-0.2, 0) is 11.3 Å². The lowest BCUT2D eigenvalue weighted by atomic mass is 10.1. The molecule has 7 nitrogen and oxygen atoms in total. The Morgan fingerprint density at radius 1 is 1.38 bits per heavy atom. The normalized spacial score (nSPS) is 19.2. The lowest BCUT2D eigenvalue weighted by Crippen LogP contribution is -2.44. The molecule has 126 valence electrons. The van der Waals surface area contributed by atoms with Crippen LogP contribution < -0.4 is 5.32 Å². The van der Waals surface area contributed by atoms with Gasteiger partial charge in [-0.05, 0) is 13.1 Å². The lowest BCUT2D eigenvalue weighted by molar-refractivity contribution is 0.185. The van der Waals surface area contributed by atoms with E-state index in [9.17, 15) is 0 Å². The molecule has 0 radical (unpaired) electrons. The molecule has 1 atom stereocenters. The minimum Gasteiger partial charge on any atom is -0.450 e. The van der Waals surface area contributed by atoms with Gasteiger partial charge in [-0.2, -0.15) is 4.98 Å². The molecule has 2 aromatic heterocycles. The van der Waals surface area contributed by atoms with E-state index in [4.69, 9.17) is 13.7 Å². The zero-order valence-electron chi connectivity index (χ0n) is 13.8. The van der Waals surface area contributed by atoms with Crippen molar-refractivity contribution in [2.24, 2.45) is 0 Å². The molecule has 7 heteroatoms. The fraction of sp³-hybridized carbons (Fsp3) is 0.412. The average Bonchev–Trinajstić information content (AvgIpc) is 3.21. The largest absolute Gasteiger partial charge is 0.450 e. The zero-order chi connectivity index (χ0) is 16.5. The second-order valence-electron chi connectivity index (χ2n) is 6.00. The number of piperazine rings is 1. The Balaban J connectivity index is 1.74. The van der Waals surface area contributed by atoms with Crippen LogP contribution in [0.4, 0.5) is 0 Å². The van der Waals surface area contributed by atoms with Gasteiger partial charge in [0.1, 0.15) is 5.58 Å². The molecule has 1 aromatic carbocycles. The van der Waals surface area contributed by atoms with Gasteiger partial charge in [0.05, 0.1) is 12.6 Å². The predicted molar refractivity (Wildman–Crippen MR) is 88.5 cm³/mol. The number of fused-ring (bicyclic) bond motifs is 1. The maximum Gasteiger partial charge on any atom is 0.294 e.